The number of nitrogens with zero attached hydrogens (tertiary/aromatic N) is 2. The average Bonchev–Trinajstić information content (AvgIpc) is 3.16. The van der Waals surface area contributed by atoms with E-state index in [1.807, 2.05) is 0 Å². The minimum absolute atomic E-state index is 0.149. The van der Waals surface area contributed by atoms with Crippen LogP contribution in [0.15, 0.2) is 164 Å². The Morgan fingerprint density at radius 1 is 0.408 bits per heavy atom. The maximum Gasteiger partial charge on any atom is 0.0671 e. The highest BCUT2D eigenvalue weighted by atomic mass is 15.2. The van der Waals surface area contributed by atoms with E-state index in [1.165, 1.54) is 38.4 Å². The summed E-state index contributed by atoms with van der Waals surface area (Å²) in [5, 5.41) is 4.90. The SMILES string of the molecule is CCC(C)(C)c1ccc(C(C)(CC)N(c2ccccc2)c2ccc(N(c3cccc4ccccc34)c3cccc4ccccc34)cc2)cc1. The van der Waals surface area contributed by atoms with Crippen LogP contribution in [0.1, 0.15) is 58.6 Å². The summed E-state index contributed by atoms with van der Waals surface area (Å²) in [6.07, 6.45) is 2.05. The van der Waals surface area contributed by atoms with Crippen molar-refractivity contribution in [3.63, 3.8) is 0 Å². The fraction of sp³-hybridized carbons (Fsp3) is 0.191. The topological polar surface area (TPSA) is 6.48 Å². The summed E-state index contributed by atoms with van der Waals surface area (Å²) in [4.78, 5) is 4.95. The number of anilines is 5. The Labute approximate surface area is 292 Å². The molecule has 0 aliphatic heterocycles. The van der Waals surface area contributed by atoms with Crippen molar-refractivity contribution in [2.75, 3.05) is 9.80 Å². The monoisotopic (exact) mass is 638 g/mol. The molecule has 0 saturated heterocycles. The van der Waals surface area contributed by atoms with Gasteiger partial charge in [-0.05, 0) is 95.6 Å². The zero-order valence-electron chi connectivity index (χ0n) is 29.4. The summed E-state index contributed by atoms with van der Waals surface area (Å²) in [5.74, 6) is 0. The molecule has 0 radical (unpaired) electrons. The van der Waals surface area contributed by atoms with Gasteiger partial charge in [0.25, 0.3) is 0 Å². The lowest BCUT2D eigenvalue weighted by Crippen LogP contribution is -2.40. The number of benzene rings is 7. The largest absolute Gasteiger partial charge is 0.331 e. The fourth-order valence-corrected chi connectivity index (χ4v) is 7.24. The van der Waals surface area contributed by atoms with E-state index in [1.54, 1.807) is 0 Å². The Morgan fingerprint density at radius 3 is 1.39 bits per heavy atom. The molecule has 49 heavy (non-hydrogen) atoms. The molecule has 0 saturated carbocycles. The smallest absolute Gasteiger partial charge is 0.0671 e. The van der Waals surface area contributed by atoms with Crippen LogP contribution in [0.3, 0.4) is 0 Å². The molecule has 1 atom stereocenters. The minimum Gasteiger partial charge on any atom is -0.331 e. The van der Waals surface area contributed by atoms with Gasteiger partial charge in [0.05, 0.1) is 16.9 Å². The van der Waals surface area contributed by atoms with Crippen LogP contribution in [0, 0.1) is 0 Å². The quantitative estimate of drug-likeness (QED) is 0.147. The maximum atomic E-state index is 2.52. The number of fused-ring (bicyclic) bond motifs is 2. The van der Waals surface area contributed by atoms with Crippen molar-refractivity contribution < 1.29 is 0 Å². The van der Waals surface area contributed by atoms with Crippen molar-refractivity contribution in [3.8, 4) is 0 Å². The summed E-state index contributed by atoms with van der Waals surface area (Å²) in [6.45, 7) is 11.6. The molecule has 1 unspecified atom stereocenters. The Balaban J connectivity index is 1.38. The van der Waals surface area contributed by atoms with E-state index in [2.05, 4.69) is 208 Å². The van der Waals surface area contributed by atoms with Gasteiger partial charge in [-0.15, -0.1) is 0 Å². The number of para-hydroxylation sites is 1. The third kappa shape index (κ3) is 5.97. The maximum absolute atomic E-state index is 2.52. The molecule has 0 aromatic heterocycles. The molecule has 7 rings (SSSR count). The molecule has 0 bridgehead atoms. The number of hydrogen-bond acceptors (Lipinski definition) is 2. The zero-order valence-corrected chi connectivity index (χ0v) is 29.4. The van der Waals surface area contributed by atoms with E-state index < -0.39 is 0 Å². The molecule has 244 valence electrons. The third-order valence-electron chi connectivity index (χ3n) is 10.7. The van der Waals surface area contributed by atoms with Crippen LogP contribution in [0.2, 0.25) is 0 Å². The molecule has 0 fully saturated rings. The summed E-state index contributed by atoms with van der Waals surface area (Å²) in [7, 11) is 0. The van der Waals surface area contributed by atoms with Crippen molar-refractivity contribution >= 4 is 50.0 Å². The molecule has 2 nitrogen and oxygen atoms in total. The summed E-state index contributed by atoms with van der Waals surface area (Å²) in [5.41, 5.74) is 8.35. The van der Waals surface area contributed by atoms with E-state index in [4.69, 9.17) is 0 Å². The predicted octanol–water partition coefficient (Wildman–Crippen LogP) is 13.6. The first-order valence-electron chi connectivity index (χ1n) is 17.7. The summed E-state index contributed by atoms with van der Waals surface area (Å²) < 4.78 is 0. The molecule has 0 amide bonds. The zero-order chi connectivity index (χ0) is 34.0. The first-order chi connectivity index (χ1) is 23.8. The highest BCUT2D eigenvalue weighted by molar-refractivity contribution is 6.04. The van der Waals surface area contributed by atoms with E-state index >= 15 is 0 Å². The molecule has 0 N–H and O–H groups in total. The van der Waals surface area contributed by atoms with Gasteiger partial charge in [-0.3, -0.25) is 0 Å². The third-order valence-corrected chi connectivity index (χ3v) is 10.7. The average molecular weight is 639 g/mol. The highest BCUT2D eigenvalue weighted by Gasteiger charge is 2.34. The lowest BCUT2D eigenvalue weighted by atomic mass is 9.79. The fourth-order valence-electron chi connectivity index (χ4n) is 7.24. The second-order valence-electron chi connectivity index (χ2n) is 14.0. The van der Waals surface area contributed by atoms with Gasteiger partial charge in [-0.2, -0.15) is 0 Å². The van der Waals surface area contributed by atoms with Crippen molar-refractivity contribution in [2.45, 2.75) is 58.4 Å². The van der Waals surface area contributed by atoms with Gasteiger partial charge in [-0.25, -0.2) is 0 Å². The molecule has 7 aromatic carbocycles. The van der Waals surface area contributed by atoms with Crippen molar-refractivity contribution in [1.29, 1.82) is 0 Å². The van der Waals surface area contributed by atoms with Gasteiger partial charge in [-0.1, -0.05) is 143 Å². The van der Waals surface area contributed by atoms with Crippen molar-refractivity contribution in [2.24, 2.45) is 0 Å². The summed E-state index contributed by atoms with van der Waals surface area (Å²) in [6, 6.07) is 60.0. The normalized spacial score (nSPS) is 12.9. The predicted molar refractivity (Wildman–Crippen MR) is 212 cm³/mol. The Kier molecular flexibility index (Phi) is 8.73. The lowest BCUT2D eigenvalue weighted by Gasteiger charge is -2.43. The molecule has 7 aromatic rings. The second-order valence-corrected chi connectivity index (χ2v) is 14.0. The van der Waals surface area contributed by atoms with Gasteiger partial charge in [0, 0.05) is 27.8 Å². The van der Waals surface area contributed by atoms with E-state index in [9.17, 15) is 0 Å². The lowest BCUT2D eigenvalue weighted by molar-refractivity contribution is 0.462. The number of rotatable bonds is 10. The number of hydrogen-bond donors (Lipinski definition) is 0. The van der Waals surface area contributed by atoms with Gasteiger partial charge >= 0.3 is 0 Å². The minimum atomic E-state index is -0.275. The first-order valence-corrected chi connectivity index (χ1v) is 17.7. The summed E-state index contributed by atoms with van der Waals surface area (Å²) >= 11 is 0. The van der Waals surface area contributed by atoms with Crippen LogP contribution < -0.4 is 9.80 Å². The standard InChI is InChI=1S/C47H46N2/c1-6-46(3,4)37-27-29-38(30-28-37)47(5,7-2)49(40-21-9-8-10-22-40)41-33-31-39(32-34-41)48(44-25-15-19-35-17-11-13-23-42(35)44)45-26-16-20-36-18-12-14-24-43(36)45/h8-34H,6-7H2,1-5H3. The molecule has 2 heteroatoms. The molecular formula is C47H46N2. The van der Waals surface area contributed by atoms with Crippen LogP contribution >= 0.6 is 0 Å². The molecular weight excluding hydrogens is 593 g/mol. The van der Waals surface area contributed by atoms with Gasteiger partial charge < -0.3 is 9.80 Å². The molecule has 0 spiro atoms. The van der Waals surface area contributed by atoms with Crippen molar-refractivity contribution in [3.05, 3.63) is 175 Å². The van der Waals surface area contributed by atoms with E-state index in [0.29, 0.717) is 0 Å². The highest BCUT2D eigenvalue weighted by Crippen LogP contribution is 2.45. The van der Waals surface area contributed by atoms with Crippen LogP contribution in [0.5, 0.6) is 0 Å². The van der Waals surface area contributed by atoms with Gasteiger partial charge in [0.2, 0.25) is 0 Å². The first kappa shape index (κ1) is 32.2. The Hall–Kier alpha value is -5.34. The van der Waals surface area contributed by atoms with Crippen molar-refractivity contribution in [1.82, 2.24) is 0 Å². The van der Waals surface area contributed by atoms with Gasteiger partial charge in [0.1, 0.15) is 0 Å². The molecule has 0 heterocycles. The van der Waals surface area contributed by atoms with E-state index in [0.717, 1.165) is 35.6 Å². The Bertz CT molecular complexity index is 2090. The van der Waals surface area contributed by atoms with Crippen LogP contribution in [-0.4, -0.2) is 0 Å². The van der Waals surface area contributed by atoms with Crippen LogP contribution in [0.4, 0.5) is 28.4 Å². The van der Waals surface area contributed by atoms with E-state index in [-0.39, 0.29) is 11.0 Å². The van der Waals surface area contributed by atoms with Crippen LogP contribution in [-0.2, 0) is 11.0 Å². The molecule has 0 aliphatic carbocycles. The second kappa shape index (κ2) is 13.3. The van der Waals surface area contributed by atoms with Gasteiger partial charge in [0.15, 0.2) is 0 Å². The Morgan fingerprint density at radius 2 is 0.857 bits per heavy atom. The molecule has 0 aliphatic rings. The van der Waals surface area contributed by atoms with Crippen LogP contribution in [0.25, 0.3) is 21.5 Å².